The lowest BCUT2D eigenvalue weighted by Gasteiger charge is -2.18. The van der Waals surface area contributed by atoms with Gasteiger partial charge in [0, 0.05) is 27.8 Å². The highest BCUT2D eigenvalue weighted by atomic mass is 35.5. The number of nitrogens with zero attached hydrogens (tertiary/aromatic N) is 2. The third kappa shape index (κ3) is 4.06. The minimum atomic E-state index is -0.262. The van der Waals surface area contributed by atoms with Crippen molar-refractivity contribution in [2.75, 3.05) is 6.54 Å². The van der Waals surface area contributed by atoms with Crippen molar-refractivity contribution in [1.29, 1.82) is 0 Å². The van der Waals surface area contributed by atoms with Crippen LogP contribution in [0, 0.1) is 13.8 Å². The van der Waals surface area contributed by atoms with E-state index in [2.05, 4.69) is 10.4 Å². The monoisotopic (exact) mass is 377 g/mol. The Balaban J connectivity index is 1.82. The predicted octanol–water partition coefficient (Wildman–Crippen LogP) is 4.42. The van der Waals surface area contributed by atoms with Gasteiger partial charge in [-0.25, -0.2) is 0 Å². The lowest BCUT2D eigenvalue weighted by atomic mass is 10.2. The van der Waals surface area contributed by atoms with Gasteiger partial charge in [0.1, 0.15) is 11.8 Å². The predicted molar refractivity (Wildman–Crippen MR) is 97.3 cm³/mol. The fourth-order valence-corrected chi connectivity index (χ4v) is 3.25. The number of carbonyl (C=O) groups excluding carboxylic acids is 1. The molecular weight excluding hydrogens is 361 g/mol. The molecule has 1 amide bonds. The summed E-state index contributed by atoms with van der Waals surface area (Å²) in [5, 5.41) is 8.24. The molecule has 0 spiro atoms. The van der Waals surface area contributed by atoms with Crippen LogP contribution in [0.1, 0.15) is 33.5 Å². The molecule has 0 aliphatic heterocycles. The molecule has 0 radical (unpaired) electrons. The van der Waals surface area contributed by atoms with Gasteiger partial charge in [-0.3, -0.25) is 9.48 Å². The molecule has 1 N–H and O–H groups in total. The molecule has 2 aromatic heterocycles. The van der Waals surface area contributed by atoms with Gasteiger partial charge >= 0.3 is 0 Å². The zero-order valence-corrected chi connectivity index (χ0v) is 15.3. The minimum Gasteiger partial charge on any atom is -0.467 e. The first kappa shape index (κ1) is 17.6. The van der Waals surface area contributed by atoms with Crippen molar-refractivity contribution in [1.82, 2.24) is 15.1 Å². The first-order valence-corrected chi connectivity index (χ1v) is 8.50. The Hall–Kier alpha value is -2.24. The van der Waals surface area contributed by atoms with Crippen molar-refractivity contribution >= 4 is 29.1 Å². The van der Waals surface area contributed by atoms with E-state index in [0.29, 0.717) is 22.2 Å². The average molecular weight is 378 g/mol. The van der Waals surface area contributed by atoms with E-state index >= 15 is 0 Å². The third-order valence-electron chi connectivity index (χ3n) is 3.79. The number of benzene rings is 1. The molecule has 25 heavy (non-hydrogen) atoms. The van der Waals surface area contributed by atoms with Crippen LogP contribution in [0.5, 0.6) is 0 Å². The first-order valence-electron chi connectivity index (χ1n) is 7.74. The summed E-state index contributed by atoms with van der Waals surface area (Å²) in [5.74, 6) is 0.457. The number of halogens is 2. The van der Waals surface area contributed by atoms with E-state index in [0.717, 1.165) is 17.1 Å². The van der Waals surface area contributed by atoms with Crippen LogP contribution in [-0.4, -0.2) is 22.2 Å². The van der Waals surface area contributed by atoms with Gasteiger partial charge < -0.3 is 9.73 Å². The van der Waals surface area contributed by atoms with Crippen molar-refractivity contribution in [2.45, 2.75) is 19.9 Å². The molecule has 1 unspecified atom stereocenters. The Morgan fingerprint density at radius 2 is 1.96 bits per heavy atom. The standard InChI is InChI=1S/C18H17Cl2N3O2/c1-11-6-12(2)23(22-11)16(17-4-3-5-25-17)10-21-18(24)13-7-14(19)9-15(20)8-13/h3-9,16H,10H2,1-2H3,(H,21,24). The van der Waals surface area contributed by atoms with Gasteiger partial charge in [-0.05, 0) is 50.2 Å². The summed E-state index contributed by atoms with van der Waals surface area (Å²) in [6.45, 7) is 4.21. The summed E-state index contributed by atoms with van der Waals surface area (Å²) in [6, 6.07) is 10.1. The molecule has 0 saturated heterocycles. The maximum absolute atomic E-state index is 12.5. The van der Waals surface area contributed by atoms with Crippen LogP contribution in [0.15, 0.2) is 47.1 Å². The third-order valence-corrected chi connectivity index (χ3v) is 4.23. The lowest BCUT2D eigenvalue weighted by Crippen LogP contribution is -2.32. The normalized spacial score (nSPS) is 12.2. The van der Waals surface area contributed by atoms with E-state index in [1.807, 2.05) is 36.7 Å². The van der Waals surface area contributed by atoms with E-state index < -0.39 is 0 Å². The van der Waals surface area contributed by atoms with E-state index in [-0.39, 0.29) is 11.9 Å². The lowest BCUT2D eigenvalue weighted by molar-refractivity contribution is 0.0948. The number of amides is 1. The molecule has 1 aromatic carbocycles. The van der Waals surface area contributed by atoms with E-state index in [1.165, 1.54) is 0 Å². The average Bonchev–Trinajstić information content (AvgIpc) is 3.17. The van der Waals surface area contributed by atoms with Crippen molar-refractivity contribution < 1.29 is 9.21 Å². The summed E-state index contributed by atoms with van der Waals surface area (Å²) in [4.78, 5) is 12.5. The first-order chi connectivity index (χ1) is 11.9. The number of nitrogens with one attached hydrogen (secondary N) is 1. The maximum atomic E-state index is 12.5. The van der Waals surface area contributed by atoms with Gasteiger partial charge in [0.15, 0.2) is 0 Å². The summed E-state index contributed by atoms with van der Waals surface area (Å²) in [7, 11) is 0. The number of carbonyl (C=O) groups is 1. The molecule has 0 saturated carbocycles. The molecule has 130 valence electrons. The van der Waals surface area contributed by atoms with Crippen LogP contribution < -0.4 is 5.32 Å². The highest BCUT2D eigenvalue weighted by molar-refractivity contribution is 6.35. The van der Waals surface area contributed by atoms with Crippen molar-refractivity contribution in [3.63, 3.8) is 0 Å². The van der Waals surface area contributed by atoms with Crippen LogP contribution in [0.2, 0.25) is 10.0 Å². The fraction of sp³-hybridized carbons (Fsp3) is 0.222. The summed E-state index contributed by atoms with van der Waals surface area (Å²) < 4.78 is 7.38. The fourth-order valence-electron chi connectivity index (χ4n) is 2.73. The molecular formula is C18H17Cl2N3O2. The molecule has 1 atom stereocenters. The summed E-state index contributed by atoms with van der Waals surface area (Å²) in [5.41, 5.74) is 2.30. The smallest absolute Gasteiger partial charge is 0.251 e. The molecule has 0 aliphatic rings. The molecule has 0 aliphatic carbocycles. The summed E-state index contributed by atoms with van der Waals surface area (Å²) in [6.07, 6.45) is 1.60. The second-order valence-electron chi connectivity index (χ2n) is 5.77. The van der Waals surface area contributed by atoms with Crippen molar-refractivity contribution in [3.8, 4) is 0 Å². The zero-order chi connectivity index (χ0) is 18.0. The highest BCUT2D eigenvalue weighted by Gasteiger charge is 2.21. The Morgan fingerprint density at radius 3 is 2.52 bits per heavy atom. The molecule has 3 rings (SSSR count). The van der Waals surface area contributed by atoms with E-state index in [4.69, 9.17) is 27.6 Å². The van der Waals surface area contributed by atoms with Crippen LogP contribution in [0.3, 0.4) is 0 Å². The zero-order valence-electron chi connectivity index (χ0n) is 13.8. The van der Waals surface area contributed by atoms with Gasteiger partial charge in [-0.1, -0.05) is 23.2 Å². The summed E-state index contributed by atoms with van der Waals surface area (Å²) >= 11 is 11.9. The van der Waals surface area contributed by atoms with Gasteiger partial charge in [-0.2, -0.15) is 5.10 Å². The second-order valence-corrected chi connectivity index (χ2v) is 6.64. The number of rotatable bonds is 5. The number of aryl methyl sites for hydroxylation is 2. The quantitative estimate of drug-likeness (QED) is 0.715. The Morgan fingerprint density at radius 1 is 1.24 bits per heavy atom. The van der Waals surface area contributed by atoms with Crippen molar-refractivity contribution in [2.24, 2.45) is 0 Å². The second kappa shape index (κ2) is 7.33. The Kier molecular flexibility index (Phi) is 5.16. The molecule has 3 aromatic rings. The largest absolute Gasteiger partial charge is 0.467 e. The minimum absolute atomic E-state index is 0.248. The SMILES string of the molecule is Cc1cc(C)n(C(CNC(=O)c2cc(Cl)cc(Cl)c2)c2ccco2)n1. The van der Waals surface area contributed by atoms with Gasteiger partial charge in [0.05, 0.1) is 12.0 Å². The number of furan rings is 1. The number of hydrogen-bond donors (Lipinski definition) is 1. The highest BCUT2D eigenvalue weighted by Crippen LogP contribution is 2.22. The van der Waals surface area contributed by atoms with Gasteiger partial charge in [-0.15, -0.1) is 0 Å². The van der Waals surface area contributed by atoms with E-state index in [9.17, 15) is 4.79 Å². The molecule has 0 fully saturated rings. The maximum Gasteiger partial charge on any atom is 0.251 e. The molecule has 0 bridgehead atoms. The Bertz CT molecular complexity index is 868. The van der Waals surface area contributed by atoms with Gasteiger partial charge in [0.25, 0.3) is 5.91 Å². The van der Waals surface area contributed by atoms with Crippen LogP contribution >= 0.6 is 23.2 Å². The topological polar surface area (TPSA) is 60.1 Å². The van der Waals surface area contributed by atoms with Gasteiger partial charge in [0.2, 0.25) is 0 Å². The molecule has 2 heterocycles. The Labute approximate surface area is 155 Å². The number of hydrogen-bond acceptors (Lipinski definition) is 3. The van der Waals surface area contributed by atoms with Crippen LogP contribution in [0.4, 0.5) is 0 Å². The van der Waals surface area contributed by atoms with Crippen LogP contribution in [0.25, 0.3) is 0 Å². The number of aromatic nitrogens is 2. The van der Waals surface area contributed by atoms with Crippen molar-refractivity contribution in [3.05, 3.63) is 75.4 Å². The molecule has 7 heteroatoms. The van der Waals surface area contributed by atoms with E-state index in [1.54, 1.807) is 24.5 Å². The van der Waals surface area contributed by atoms with Crippen LogP contribution in [-0.2, 0) is 0 Å². The molecule has 5 nitrogen and oxygen atoms in total.